The number of likely N-dealkylation sites (tertiary alicyclic amines) is 1. The molecule has 33 heavy (non-hydrogen) atoms. The highest BCUT2D eigenvalue weighted by Crippen LogP contribution is 2.38. The number of carbonyl (C=O) groups is 1. The zero-order valence-electron chi connectivity index (χ0n) is 19.5. The molecule has 1 aromatic carbocycles. The van der Waals surface area contributed by atoms with Gasteiger partial charge in [-0.3, -0.25) is 9.89 Å². The zero-order chi connectivity index (χ0) is 22.9. The van der Waals surface area contributed by atoms with Gasteiger partial charge in [0.1, 0.15) is 5.75 Å². The number of benzene rings is 1. The number of hydrogen-bond acceptors (Lipinski definition) is 6. The van der Waals surface area contributed by atoms with Crippen LogP contribution >= 0.6 is 0 Å². The van der Waals surface area contributed by atoms with Crippen LogP contribution in [-0.2, 0) is 12.8 Å². The van der Waals surface area contributed by atoms with E-state index in [0.717, 1.165) is 72.4 Å². The predicted octanol–water partition coefficient (Wildman–Crippen LogP) is 3.80. The average molecular weight is 447 g/mol. The third-order valence-electron chi connectivity index (χ3n) is 6.69. The lowest BCUT2D eigenvalue weighted by Crippen LogP contribution is -2.40. The molecule has 0 saturated carbocycles. The van der Waals surface area contributed by atoms with E-state index in [1.54, 1.807) is 7.11 Å². The molecule has 0 bridgehead atoms. The van der Waals surface area contributed by atoms with Gasteiger partial charge in [-0.25, -0.2) is 9.97 Å². The third-order valence-corrected chi connectivity index (χ3v) is 6.69. The average Bonchev–Trinajstić information content (AvgIpc) is 3.47. The lowest BCUT2D eigenvalue weighted by molar-refractivity contribution is 0.0599. The molecule has 0 unspecified atom stereocenters. The number of rotatable bonds is 5. The number of H-pyrrole nitrogens is 1. The molecule has 2 aromatic heterocycles. The van der Waals surface area contributed by atoms with Gasteiger partial charge in [0.05, 0.1) is 18.8 Å². The van der Waals surface area contributed by atoms with E-state index in [4.69, 9.17) is 9.72 Å². The SMILES string of the molecule is COc1ccc(-c2cnc(N(C)C)nc2[C@@H]2CCCCN2C(=O)c2n[nH]c3c2CCC3)cc1. The lowest BCUT2D eigenvalue weighted by Gasteiger charge is -2.36. The number of aromatic nitrogens is 4. The highest BCUT2D eigenvalue weighted by atomic mass is 16.5. The topological polar surface area (TPSA) is 87.2 Å². The number of ether oxygens (including phenoxy) is 1. The Labute approximate surface area is 194 Å². The van der Waals surface area contributed by atoms with Crippen LogP contribution < -0.4 is 9.64 Å². The fourth-order valence-electron chi connectivity index (χ4n) is 4.94. The summed E-state index contributed by atoms with van der Waals surface area (Å²) in [7, 11) is 5.53. The van der Waals surface area contributed by atoms with Crippen LogP contribution in [0.25, 0.3) is 11.1 Å². The van der Waals surface area contributed by atoms with Gasteiger partial charge in [0.2, 0.25) is 5.95 Å². The summed E-state index contributed by atoms with van der Waals surface area (Å²) < 4.78 is 5.33. The first-order valence-electron chi connectivity index (χ1n) is 11.6. The van der Waals surface area contributed by atoms with Crippen LogP contribution in [0.15, 0.2) is 30.5 Å². The number of hydrogen-bond donors (Lipinski definition) is 1. The van der Waals surface area contributed by atoms with Crippen molar-refractivity contribution in [3.05, 3.63) is 53.1 Å². The minimum absolute atomic E-state index is 0.00444. The Morgan fingerprint density at radius 2 is 1.97 bits per heavy atom. The van der Waals surface area contributed by atoms with E-state index in [2.05, 4.69) is 15.2 Å². The Morgan fingerprint density at radius 1 is 1.15 bits per heavy atom. The molecule has 8 nitrogen and oxygen atoms in total. The van der Waals surface area contributed by atoms with Crippen LogP contribution in [0.3, 0.4) is 0 Å². The van der Waals surface area contributed by atoms with E-state index in [1.165, 1.54) is 0 Å². The van der Waals surface area contributed by atoms with E-state index in [-0.39, 0.29) is 11.9 Å². The number of nitrogens with zero attached hydrogens (tertiary/aromatic N) is 5. The van der Waals surface area contributed by atoms with E-state index in [0.29, 0.717) is 18.2 Å². The molecule has 1 saturated heterocycles. The summed E-state index contributed by atoms with van der Waals surface area (Å²) in [4.78, 5) is 27.2. The standard InChI is InChI=1S/C25H30N6O2/c1-30(2)25-26-15-19(16-10-12-17(33-3)13-11-16)22(27-25)21-9-4-5-14-31(21)24(32)23-18-7-6-8-20(18)28-29-23/h10-13,15,21H,4-9,14H2,1-3H3,(H,28,29)/t21-/m0/s1. The minimum Gasteiger partial charge on any atom is -0.497 e. The molecular weight excluding hydrogens is 416 g/mol. The third kappa shape index (κ3) is 3.94. The number of piperidine rings is 1. The van der Waals surface area contributed by atoms with Crippen LogP contribution in [0.5, 0.6) is 5.75 Å². The molecule has 1 N–H and O–H groups in total. The number of aryl methyl sites for hydroxylation is 1. The van der Waals surface area contributed by atoms with Gasteiger partial charge in [-0.15, -0.1) is 0 Å². The Hall–Kier alpha value is -3.42. The number of carbonyl (C=O) groups excluding carboxylic acids is 1. The fraction of sp³-hybridized carbons (Fsp3) is 0.440. The quantitative estimate of drug-likeness (QED) is 0.642. The summed E-state index contributed by atoms with van der Waals surface area (Å²) in [6.45, 7) is 0.703. The van der Waals surface area contributed by atoms with Crippen molar-refractivity contribution >= 4 is 11.9 Å². The van der Waals surface area contributed by atoms with Crippen molar-refractivity contribution in [3.8, 4) is 16.9 Å². The Kier molecular flexibility index (Phi) is 5.74. The second kappa shape index (κ2) is 8.84. The molecule has 1 atom stereocenters. The van der Waals surface area contributed by atoms with Crippen molar-refractivity contribution in [1.82, 2.24) is 25.1 Å². The molecule has 1 aliphatic heterocycles. The van der Waals surface area contributed by atoms with E-state index in [9.17, 15) is 4.79 Å². The fourth-order valence-corrected chi connectivity index (χ4v) is 4.94. The first-order chi connectivity index (χ1) is 16.1. The van der Waals surface area contributed by atoms with Crippen molar-refractivity contribution < 1.29 is 9.53 Å². The van der Waals surface area contributed by atoms with E-state index in [1.807, 2.05) is 54.4 Å². The van der Waals surface area contributed by atoms with E-state index >= 15 is 0 Å². The van der Waals surface area contributed by atoms with Crippen molar-refractivity contribution in [3.63, 3.8) is 0 Å². The first-order valence-corrected chi connectivity index (χ1v) is 11.6. The molecule has 3 aromatic rings. The molecule has 172 valence electrons. The van der Waals surface area contributed by atoms with Gasteiger partial charge < -0.3 is 14.5 Å². The molecule has 0 spiro atoms. The first kappa shape index (κ1) is 21.4. The van der Waals surface area contributed by atoms with Crippen molar-refractivity contribution in [1.29, 1.82) is 0 Å². The van der Waals surface area contributed by atoms with Crippen LogP contribution in [-0.4, -0.2) is 58.7 Å². The van der Waals surface area contributed by atoms with Crippen LogP contribution in [0.1, 0.15) is 59.2 Å². The number of amides is 1. The van der Waals surface area contributed by atoms with Crippen molar-refractivity contribution in [2.75, 3.05) is 32.6 Å². The molecule has 2 aliphatic rings. The Morgan fingerprint density at radius 3 is 2.73 bits per heavy atom. The highest BCUT2D eigenvalue weighted by Gasteiger charge is 2.35. The molecule has 8 heteroatoms. The maximum absolute atomic E-state index is 13.7. The van der Waals surface area contributed by atoms with Gasteiger partial charge in [0, 0.05) is 43.7 Å². The summed E-state index contributed by atoms with van der Waals surface area (Å²) in [5.74, 6) is 1.44. The van der Waals surface area contributed by atoms with Gasteiger partial charge >= 0.3 is 0 Å². The number of methoxy groups -OCH3 is 1. The highest BCUT2D eigenvalue weighted by molar-refractivity contribution is 5.94. The van der Waals surface area contributed by atoms with Crippen LogP contribution in [0, 0.1) is 0 Å². The maximum Gasteiger partial charge on any atom is 0.275 e. The summed E-state index contributed by atoms with van der Waals surface area (Å²) in [6.07, 6.45) is 7.75. The number of fused-ring (bicyclic) bond motifs is 1. The summed E-state index contributed by atoms with van der Waals surface area (Å²) in [5.41, 5.74) is 5.63. The Balaban J connectivity index is 1.57. The van der Waals surface area contributed by atoms with Crippen molar-refractivity contribution in [2.45, 2.75) is 44.6 Å². The largest absolute Gasteiger partial charge is 0.497 e. The van der Waals surface area contributed by atoms with Gasteiger partial charge in [-0.05, 0) is 56.2 Å². The molecule has 1 fully saturated rings. The smallest absolute Gasteiger partial charge is 0.275 e. The number of anilines is 1. The summed E-state index contributed by atoms with van der Waals surface area (Å²) >= 11 is 0. The molecule has 1 amide bonds. The minimum atomic E-state index is -0.126. The number of nitrogens with one attached hydrogen (secondary N) is 1. The van der Waals surface area contributed by atoms with Gasteiger partial charge in [0.25, 0.3) is 5.91 Å². The molecule has 3 heterocycles. The second-order valence-electron chi connectivity index (χ2n) is 8.98. The summed E-state index contributed by atoms with van der Waals surface area (Å²) in [6, 6.07) is 7.79. The monoisotopic (exact) mass is 446 g/mol. The second-order valence-corrected chi connectivity index (χ2v) is 8.98. The summed E-state index contributed by atoms with van der Waals surface area (Å²) in [5, 5.41) is 7.51. The maximum atomic E-state index is 13.7. The van der Waals surface area contributed by atoms with Crippen molar-refractivity contribution in [2.24, 2.45) is 0 Å². The van der Waals surface area contributed by atoms with Gasteiger partial charge in [-0.2, -0.15) is 5.10 Å². The predicted molar refractivity (Wildman–Crippen MR) is 127 cm³/mol. The molecule has 5 rings (SSSR count). The van der Waals surface area contributed by atoms with Crippen LogP contribution in [0.2, 0.25) is 0 Å². The van der Waals surface area contributed by atoms with Crippen LogP contribution in [0.4, 0.5) is 5.95 Å². The zero-order valence-corrected chi connectivity index (χ0v) is 19.5. The van der Waals surface area contributed by atoms with Gasteiger partial charge in [-0.1, -0.05) is 12.1 Å². The normalized spacial score (nSPS) is 17.7. The molecule has 1 aliphatic carbocycles. The van der Waals surface area contributed by atoms with E-state index < -0.39 is 0 Å². The van der Waals surface area contributed by atoms with Gasteiger partial charge in [0.15, 0.2) is 5.69 Å². The molecule has 0 radical (unpaired) electrons. The lowest BCUT2D eigenvalue weighted by atomic mass is 9.93. The Bertz CT molecular complexity index is 1150. The number of aromatic amines is 1. The molecular formula is C25H30N6O2.